The first-order valence-corrected chi connectivity index (χ1v) is 8.31. The number of rotatable bonds is 8. The number of nitrogens with one attached hydrogen (secondary N) is 1. The van der Waals surface area contributed by atoms with Gasteiger partial charge in [0.15, 0.2) is 0 Å². The van der Waals surface area contributed by atoms with E-state index in [4.69, 9.17) is 0 Å². The summed E-state index contributed by atoms with van der Waals surface area (Å²) in [5.41, 5.74) is 0. The monoisotopic (exact) mass is 253 g/mol. The largest absolute Gasteiger partial charge is 0.314 e. The summed E-state index contributed by atoms with van der Waals surface area (Å²) in [5, 5.41) is 3.64. The average Bonchev–Trinajstić information content (AvgIpc) is 2.33. The van der Waals surface area contributed by atoms with Gasteiger partial charge in [0.05, 0.1) is 0 Å². The van der Waals surface area contributed by atoms with E-state index in [2.05, 4.69) is 33.0 Å². The van der Waals surface area contributed by atoms with Crippen LogP contribution in [-0.4, -0.2) is 12.6 Å². The lowest BCUT2D eigenvalue weighted by Crippen LogP contribution is -2.30. The highest BCUT2D eigenvalue weighted by Crippen LogP contribution is 2.29. The van der Waals surface area contributed by atoms with Gasteiger partial charge in [0.2, 0.25) is 0 Å². The van der Waals surface area contributed by atoms with Gasteiger partial charge in [0.1, 0.15) is 0 Å². The maximum atomic E-state index is 3.64. The van der Waals surface area contributed by atoms with Crippen LogP contribution in [0, 0.1) is 17.8 Å². The van der Waals surface area contributed by atoms with Crippen LogP contribution in [0.25, 0.3) is 0 Å². The zero-order valence-corrected chi connectivity index (χ0v) is 13.2. The van der Waals surface area contributed by atoms with Crippen LogP contribution in [0.4, 0.5) is 0 Å². The molecule has 1 rings (SSSR count). The third-order valence-corrected chi connectivity index (χ3v) is 4.33. The molecule has 1 unspecified atom stereocenters. The van der Waals surface area contributed by atoms with Gasteiger partial charge in [-0.05, 0) is 37.1 Å². The SMILES string of the molecule is CC(C)CC(CCC1CCCCC1)CNC(C)C. The summed E-state index contributed by atoms with van der Waals surface area (Å²) in [7, 11) is 0. The Kier molecular flexibility index (Phi) is 7.97. The molecular formula is C17H35N. The maximum Gasteiger partial charge on any atom is 0.00104 e. The fourth-order valence-corrected chi connectivity index (χ4v) is 3.32. The van der Waals surface area contributed by atoms with Crippen molar-refractivity contribution in [3.8, 4) is 0 Å². The Bertz CT molecular complexity index is 192. The van der Waals surface area contributed by atoms with Crippen molar-refractivity contribution in [2.45, 2.75) is 85.1 Å². The van der Waals surface area contributed by atoms with Crippen molar-refractivity contribution in [3.63, 3.8) is 0 Å². The second kappa shape index (κ2) is 8.96. The van der Waals surface area contributed by atoms with Gasteiger partial charge in [-0.1, -0.05) is 66.2 Å². The fourth-order valence-electron chi connectivity index (χ4n) is 3.32. The Morgan fingerprint density at radius 2 is 1.67 bits per heavy atom. The molecular weight excluding hydrogens is 218 g/mol. The first-order valence-electron chi connectivity index (χ1n) is 8.31. The molecule has 0 radical (unpaired) electrons. The minimum atomic E-state index is 0.634. The normalized spacial score (nSPS) is 19.7. The van der Waals surface area contributed by atoms with Crippen molar-refractivity contribution >= 4 is 0 Å². The van der Waals surface area contributed by atoms with Crippen molar-refractivity contribution < 1.29 is 0 Å². The van der Waals surface area contributed by atoms with E-state index in [1.54, 1.807) is 0 Å². The first-order chi connectivity index (χ1) is 8.58. The van der Waals surface area contributed by atoms with E-state index in [-0.39, 0.29) is 0 Å². The highest BCUT2D eigenvalue weighted by Gasteiger charge is 2.17. The molecule has 1 N–H and O–H groups in total. The average molecular weight is 253 g/mol. The van der Waals surface area contributed by atoms with E-state index in [1.807, 2.05) is 0 Å². The molecule has 108 valence electrons. The summed E-state index contributed by atoms with van der Waals surface area (Å²) >= 11 is 0. The van der Waals surface area contributed by atoms with Gasteiger partial charge in [-0.3, -0.25) is 0 Å². The van der Waals surface area contributed by atoms with Gasteiger partial charge >= 0.3 is 0 Å². The van der Waals surface area contributed by atoms with E-state index < -0.39 is 0 Å². The Morgan fingerprint density at radius 1 is 1.00 bits per heavy atom. The summed E-state index contributed by atoms with van der Waals surface area (Å²) in [6.07, 6.45) is 11.8. The molecule has 1 nitrogen and oxygen atoms in total. The lowest BCUT2D eigenvalue weighted by molar-refractivity contribution is 0.282. The van der Waals surface area contributed by atoms with Crippen LogP contribution in [0.5, 0.6) is 0 Å². The highest BCUT2D eigenvalue weighted by molar-refractivity contribution is 4.71. The molecule has 0 amide bonds. The molecule has 1 aliphatic carbocycles. The molecule has 1 atom stereocenters. The molecule has 1 heteroatoms. The molecule has 0 heterocycles. The molecule has 0 spiro atoms. The molecule has 0 aromatic carbocycles. The Labute approximate surface area is 115 Å². The van der Waals surface area contributed by atoms with Crippen molar-refractivity contribution in [1.82, 2.24) is 5.32 Å². The molecule has 0 aliphatic heterocycles. The topological polar surface area (TPSA) is 12.0 Å². The minimum Gasteiger partial charge on any atom is -0.314 e. The Hall–Kier alpha value is -0.0400. The van der Waals surface area contributed by atoms with Crippen LogP contribution >= 0.6 is 0 Å². The predicted molar refractivity (Wildman–Crippen MR) is 81.9 cm³/mol. The molecule has 18 heavy (non-hydrogen) atoms. The van der Waals surface area contributed by atoms with E-state index in [1.165, 1.54) is 57.9 Å². The highest BCUT2D eigenvalue weighted by atomic mass is 14.9. The van der Waals surface area contributed by atoms with Gasteiger partial charge in [-0.15, -0.1) is 0 Å². The van der Waals surface area contributed by atoms with E-state index >= 15 is 0 Å². The third-order valence-electron chi connectivity index (χ3n) is 4.33. The van der Waals surface area contributed by atoms with E-state index in [9.17, 15) is 0 Å². The van der Waals surface area contributed by atoms with Crippen LogP contribution in [0.3, 0.4) is 0 Å². The Morgan fingerprint density at radius 3 is 2.22 bits per heavy atom. The molecule has 1 saturated carbocycles. The van der Waals surface area contributed by atoms with Gasteiger partial charge < -0.3 is 5.32 Å². The zero-order chi connectivity index (χ0) is 13.4. The number of hydrogen-bond donors (Lipinski definition) is 1. The lowest BCUT2D eigenvalue weighted by Gasteiger charge is -2.26. The molecule has 0 bridgehead atoms. The van der Waals surface area contributed by atoms with Crippen LogP contribution in [0.2, 0.25) is 0 Å². The summed E-state index contributed by atoms with van der Waals surface area (Å²) in [4.78, 5) is 0. The van der Waals surface area contributed by atoms with Gasteiger partial charge in [-0.25, -0.2) is 0 Å². The molecule has 0 aromatic rings. The van der Waals surface area contributed by atoms with Crippen LogP contribution in [0.1, 0.15) is 79.1 Å². The van der Waals surface area contributed by atoms with Crippen LogP contribution < -0.4 is 5.32 Å². The molecule has 0 saturated heterocycles. The van der Waals surface area contributed by atoms with Crippen molar-refractivity contribution in [3.05, 3.63) is 0 Å². The summed E-state index contributed by atoms with van der Waals surface area (Å²) in [6, 6.07) is 0.634. The number of hydrogen-bond acceptors (Lipinski definition) is 1. The summed E-state index contributed by atoms with van der Waals surface area (Å²) in [5.74, 6) is 2.79. The first kappa shape index (κ1) is 16.0. The lowest BCUT2D eigenvalue weighted by atomic mass is 9.82. The van der Waals surface area contributed by atoms with Gasteiger partial charge in [0.25, 0.3) is 0 Å². The predicted octanol–water partition coefficient (Wildman–Crippen LogP) is 5.01. The molecule has 1 aliphatic rings. The second-order valence-electron chi connectivity index (χ2n) is 7.14. The Balaban J connectivity index is 2.25. The van der Waals surface area contributed by atoms with E-state index in [0.29, 0.717) is 6.04 Å². The standard InChI is InChI=1S/C17H35N/c1-14(2)12-17(13-18-15(3)4)11-10-16-8-6-5-7-9-16/h14-18H,5-13H2,1-4H3. The van der Waals surface area contributed by atoms with Crippen molar-refractivity contribution in [2.24, 2.45) is 17.8 Å². The molecule has 0 aromatic heterocycles. The van der Waals surface area contributed by atoms with Crippen LogP contribution in [0.15, 0.2) is 0 Å². The van der Waals surface area contributed by atoms with Gasteiger partial charge in [0, 0.05) is 6.04 Å². The minimum absolute atomic E-state index is 0.634. The fraction of sp³-hybridized carbons (Fsp3) is 1.00. The molecule has 1 fully saturated rings. The third kappa shape index (κ3) is 7.41. The van der Waals surface area contributed by atoms with Crippen LogP contribution in [-0.2, 0) is 0 Å². The van der Waals surface area contributed by atoms with Gasteiger partial charge in [-0.2, -0.15) is 0 Å². The van der Waals surface area contributed by atoms with Crippen molar-refractivity contribution in [2.75, 3.05) is 6.54 Å². The van der Waals surface area contributed by atoms with Crippen molar-refractivity contribution in [1.29, 1.82) is 0 Å². The summed E-state index contributed by atoms with van der Waals surface area (Å²) in [6.45, 7) is 10.5. The zero-order valence-electron chi connectivity index (χ0n) is 13.2. The second-order valence-corrected chi connectivity index (χ2v) is 7.14. The smallest absolute Gasteiger partial charge is 0.00104 e. The summed E-state index contributed by atoms with van der Waals surface area (Å²) < 4.78 is 0. The maximum absolute atomic E-state index is 3.64. The quantitative estimate of drug-likeness (QED) is 0.641. The van der Waals surface area contributed by atoms with E-state index in [0.717, 1.165) is 17.8 Å².